The average molecular weight is 287 g/mol. The average Bonchev–Trinajstić information content (AvgIpc) is 2.69. The molecule has 0 spiro atoms. The smallest absolute Gasteiger partial charge is 0.338 e. The van der Waals surface area contributed by atoms with Gasteiger partial charge in [0.05, 0.1) is 12.1 Å². The third kappa shape index (κ3) is 3.78. The first-order valence-electron chi connectivity index (χ1n) is 6.62. The van der Waals surface area contributed by atoms with Crippen molar-refractivity contribution in [3.63, 3.8) is 0 Å². The molecule has 0 saturated carbocycles. The van der Waals surface area contributed by atoms with Gasteiger partial charge < -0.3 is 4.74 Å². The fraction of sp³-hybridized carbons (Fsp3) is 0.312. The van der Waals surface area contributed by atoms with Gasteiger partial charge >= 0.3 is 5.97 Å². The minimum Gasteiger partial charge on any atom is -0.456 e. The normalized spacial score (nSPS) is 14.7. The van der Waals surface area contributed by atoms with E-state index in [9.17, 15) is 14.4 Å². The summed E-state index contributed by atoms with van der Waals surface area (Å²) in [5.41, 5.74) is 0.661. The highest BCUT2D eigenvalue weighted by Gasteiger charge is 2.23. The zero-order valence-corrected chi connectivity index (χ0v) is 12.3. The molecule has 110 valence electrons. The summed E-state index contributed by atoms with van der Waals surface area (Å²) in [6.45, 7) is 5.60. The van der Waals surface area contributed by atoms with Crippen LogP contribution in [-0.2, 0) is 20.9 Å². The Morgan fingerprint density at radius 1 is 1.05 bits per heavy atom. The predicted molar refractivity (Wildman–Crippen MR) is 76.3 cm³/mol. The molecule has 0 atom stereocenters. The van der Waals surface area contributed by atoms with Gasteiger partial charge in [0.15, 0.2) is 0 Å². The van der Waals surface area contributed by atoms with E-state index in [1.165, 1.54) is 12.2 Å². The molecule has 2 amide bonds. The molecule has 0 radical (unpaired) electrons. The van der Waals surface area contributed by atoms with Crippen LogP contribution in [0.3, 0.4) is 0 Å². The van der Waals surface area contributed by atoms with Crippen molar-refractivity contribution < 1.29 is 19.1 Å². The summed E-state index contributed by atoms with van der Waals surface area (Å²) in [7, 11) is 0. The Balaban J connectivity index is 2.04. The van der Waals surface area contributed by atoms with Crippen molar-refractivity contribution in [2.75, 3.05) is 0 Å². The molecule has 0 aromatic heterocycles. The maximum absolute atomic E-state index is 11.9. The SMILES string of the molecule is CC(C)(C)OC(=O)c1ccc(CN2C(=O)C=CC2=O)cc1. The van der Waals surface area contributed by atoms with Crippen molar-refractivity contribution in [2.45, 2.75) is 32.9 Å². The Morgan fingerprint density at radius 3 is 2.05 bits per heavy atom. The first-order chi connectivity index (χ1) is 9.76. The second kappa shape index (κ2) is 5.52. The zero-order chi connectivity index (χ0) is 15.6. The van der Waals surface area contributed by atoms with E-state index in [0.29, 0.717) is 5.56 Å². The fourth-order valence-electron chi connectivity index (χ4n) is 1.85. The van der Waals surface area contributed by atoms with Gasteiger partial charge in [-0.15, -0.1) is 0 Å². The van der Waals surface area contributed by atoms with Crippen LogP contribution < -0.4 is 0 Å². The molecule has 1 aromatic carbocycles. The van der Waals surface area contributed by atoms with Crippen molar-refractivity contribution >= 4 is 17.8 Å². The van der Waals surface area contributed by atoms with Crippen LogP contribution in [0.4, 0.5) is 0 Å². The fourth-order valence-corrected chi connectivity index (χ4v) is 1.85. The Labute approximate surface area is 123 Å². The summed E-state index contributed by atoms with van der Waals surface area (Å²) >= 11 is 0. The number of amides is 2. The molecule has 1 aromatic rings. The summed E-state index contributed by atoms with van der Waals surface area (Å²) in [5, 5.41) is 0. The number of ether oxygens (including phenoxy) is 1. The maximum atomic E-state index is 11.9. The van der Waals surface area contributed by atoms with E-state index in [1.54, 1.807) is 45.0 Å². The van der Waals surface area contributed by atoms with E-state index in [1.807, 2.05) is 0 Å². The molecular formula is C16H17NO4. The Morgan fingerprint density at radius 2 is 1.57 bits per heavy atom. The minimum atomic E-state index is -0.546. The quantitative estimate of drug-likeness (QED) is 0.630. The predicted octanol–water partition coefficient (Wildman–Crippen LogP) is 2.07. The van der Waals surface area contributed by atoms with Gasteiger partial charge in [-0.2, -0.15) is 0 Å². The van der Waals surface area contributed by atoms with Crippen LogP contribution in [0.5, 0.6) is 0 Å². The molecule has 0 bridgehead atoms. The number of rotatable bonds is 3. The van der Waals surface area contributed by atoms with E-state index in [4.69, 9.17) is 4.74 Å². The molecule has 5 heteroatoms. The van der Waals surface area contributed by atoms with Gasteiger partial charge in [0.2, 0.25) is 0 Å². The standard InChI is InChI=1S/C16H17NO4/c1-16(2,3)21-15(20)12-6-4-11(5-7-12)10-17-13(18)8-9-14(17)19/h4-9H,10H2,1-3H3. The van der Waals surface area contributed by atoms with Gasteiger partial charge in [-0.1, -0.05) is 12.1 Å². The Kier molecular flexibility index (Phi) is 3.93. The molecule has 1 heterocycles. The summed E-state index contributed by atoms with van der Waals surface area (Å²) in [6, 6.07) is 6.67. The first-order valence-corrected chi connectivity index (χ1v) is 6.62. The van der Waals surface area contributed by atoms with E-state index in [0.717, 1.165) is 10.5 Å². The monoisotopic (exact) mass is 287 g/mol. The molecule has 0 N–H and O–H groups in total. The third-order valence-electron chi connectivity index (χ3n) is 2.83. The van der Waals surface area contributed by atoms with E-state index in [-0.39, 0.29) is 18.4 Å². The van der Waals surface area contributed by atoms with Crippen LogP contribution in [-0.4, -0.2) is 28.3 Å². The highest BCUT2D eigenvalue weighted by atomic mass is 16.6. The van der Waals surface area contributed by atoms with Crippen LogP contribution in [0, 0.1) is 0 Å². The number of imide groups is 1. The lowest BCUT2D eigenvalue weighted by molar-refractivity contribution is -0.137. The lowest BCUT2D eigenvalue weighted by Crippen LogP contribution is -2.29. The number of hydrogen-bond acceptors (Lipinski definition) is 4. The molecule has 21 heavy (non-hydrogen) atoms. The molecule has 0 saturated heterocycles. The molecule has 2 rings (SSSR count). The van der Waals surface area contributed by atoms with Gasteiger partial charge in [0, 0.05) is 12.2 Å². The molecule has 0 fully saturated rings. The second-order valence-electron chi connectivity index (χ2n) is 5.79. The zero-order valence-electron chi connectivity index (χ0n) is 12.3. The second-order valence-corrected chi connectivity index (χ2v) is 5.79. The Hall–Kier alpha value is -2.43. The summed E-state index contributed by atoms with van der Waals surface area (Å²) in [5.74, 6) is -1.04. The summed E-state index contributed by atoms with van der Waals surface area (Å²) < 4.78 is 5.26. The highest BCUT2D eigenvalue weighted by molar-refractivity contribution is 6.12. The molecular weight excluding hydrogens is 270 g/mol. The lowest BCUT2D eigenvalue weighted by atomic mass is 10.1. The van der Waals surface area contributed by atoms with Crippen LogP contribution in [0.2, 0.25) is 0 Å². The summed E-state index contributed by atoms with van der Waals surface area (Å²) in [4.78, 5) is 35.9. The number of esters is 1. The van der Waals surface area contributed by atoms with Gasteiger partial charge in [-0.05, 0) is 38.5 Å². The molecule has 0 aliphatic carbocycles. The van der Waals surface area contributed by atoms with Crippen LogP contribution in [0.1, 0.15) is 36.7 Å². The van der Waals surface area contributed by atoms with E-state index >= 15 is 0 Å². The van der Waals surface area contributed by atoms with Crippen molar-refractivity contribution in [3.8, 4) is 0 Å². The number of nitrogens with zero attached hydrogens (tertiary/aromatic N) is 1. The molecule has 1 aliphatic heterocycles. The molecule has 1 aliphatic rings. The third-order valence-corrected chi connectivity index (χ3v) is 2.83. The molecule has 5 nitrogen and oxygen atoms in total. The number of benzene rings is 1. The van der Waals surface area contributed by atoms with Gasteiger partial charge in [-0.3, -0.25) is 14.5 Å². The largest absolute Gasteiger partial charge is 0.456 e. The Bertz CT molecular complexity index is 590. The van der Waals surface area contributed by atoms with E-state index in [2.05, 4.69) is 0 Å². The van der Waals surface area contributed by atoms with Crippen LogP contribution >= 0.6 is 0 Å². The van der Waals surface area contributed by atoms with Gasteiger partial charge in [-0.25, -0.2) is 4.79 Å². The number of hydrogen-bond donors (Lipinski definition) is 0. The van der Waals surface area contributed by atoms with Gasteiger partial charge in [0.1, 0.15) is 5.60 Å². The van der Waals surface area contributed by atoms with Crippen molar-refractivity contribution in [2.24, 2.45) is 0 Å². The number of carbonyl (C=O) groups is 3. The first kappa shape index (κ1) is 15.0. The van der Waals surface area contributed by atoms with Crippen LogP contribution in [0.25, 0.3) is 0 Å². The maximum Gasteiger partial charge on any atom is 0.338 e. The van der Waals surface area contributed by atoms with Crippen molar-refractivity contribution in [3.05, 3.63) is 47.5 Å². The van der Waals surface area contributed by atoms with Crippen LogP contribution in [0.15, 0.2) is 36.4 Å². The highest BCUT2D eigenvalue weighted by Crippen LogP contribution is 2.15. The lowest BCUT2D eigenvalue weighted by Gasteiger charge is -2.19. The van der Waals surface area contributed by atoms with Crippen molar-refractivity contribution in [1.82, 2.24) is 4.90 Å². The topological polar surface area (TPSA) is 63.7 Å². The molecule has 0 unspecified atom stereocenters. The number of carbonyl (C=O) groups excluding carboxylic acids is 3. The summed E-state index contributed by atoms with van der Waals surface area (Å²) in [6.07, 6.45) is 2.49. The van der Waals surface area contributed by atoms with Crippen molar-refractivity contribution in [1.29, 1.82) is 0 Å². The van der Waals surface area contributed by atoms with E-state index < -0.39 is 11.6 Å². The van der Waals surface area contributed by atoms with Gasteiger partial charge in [0.25, 0.3) is 11.8 Å². The minimum absolute atomic E-state index is 0.194.